The van der Waals surface area contributed by atoms with Gasteiger partial charge in [0.15, 0.2) is 0 Å². The molecule has 4 rings (SSSR count). The van der Waals surface area contributed by atoms with Crippen molar-refractivity contribution in [3.8, 4) is 11.5 Å². The van der Waals surface area contributed by atoms with E-state index in [1.807, 2.05) is 65.4 Å². The highest BCUT2D eigenvalue weighted by Crippen LogP contribution is 2.28. The summed E-state index contributed by atoms with van der Waals surface area (Å²) in [5, 5.41) is 19.3. The second-order valence-corrected chi connectivity index (χ2v) is 10.7. The lowest BCUT2D eigenvalue weighted by molar-refractivity contribution is -0.137. The summed E-state index contributed by atoms with van der Waals surface area (Å²) in [6, 6.07) is 18.0. The second-order valence-electron chi connectivity index (χ2n) is 10.7. The number of carbonyl (C=O) groups is 2. The molecule has 0 saturated carbocycles. The fourth-order valence-electron chi connectivity index (χ4n) is 5.02. The van der Waals surface area contributed by atoms with Crippen LogP contribution in [0, 0.1) is 20.8 Å². The molecule has 7 heteroatoms. The number of aliphatic carboxylic acids is 2. The van der Waals surface area contributed by atoms with Gasteiger partial charge in [0.2, 0.25) is 0 Å². The van der Waals surface area contributed by atoms with Crippen molar-refractivity contribution in [3.63, 3.8) is 0 Å². The third kappa shape index (κ3) is 8.26. The molecule has 0 spiro atoms. The normalized spacial score (nSPS) is 11.3. The first-order valence-electron chi connectivity index (χ1n) is 14.4. The van der Waals surface area contributed by atoms with Crippen LogP contribution >= 0.6 is 0 Å². The average molecular weight is 570 g/mol. The van der Waals surface area contributed by atoms with Gasteiger partial charge in [-0.1, -0.05) is 42.5 Å². The number of fused-ring (bicyclic) bond motifs is 1. The molecular weight excluding hydrogens is 530 g/mol. The molecule has 0 bridgehead atoms. The van der Waals surface area contributed by atoms with Crippen molar-refractivity contribution < 1.29 is 29.3 Å². The Morgan fingerprint density at radius 1 is 0.810 bits per heavy atom. The number of benzene rings is 3. The van der Waals surface area contributed by atoms with Gasteiger partial charge in [-0.25, -0.2) is 0 Å². The Labute approximate surface area is 247 Å². The summed E-state index contributed by atoms with van der Waals surface area (Å²) in [5.41, 5.74) is 7.20. The molecule has 0 unspecified atom stereocenters. The van der Waals surface area contributed by atoms with Crippen LogP contribution in [0.3, 0.4) is 0 Å². The van der Waals surface area contributed by atoms with Crippen molar-refractivity contribution in [2.24, 2.45) is 0 Å². The molecule has 0 atom stereocenters. The largest absolute Gasteiger partial charge is 0.494 e. The molecule has 220 valence electrons. The Bertz CT molecular complexity index is 1560. The zero-order valence-electron chi connectivity index (χ0n) is 24.6. The van der Waals surface area contributed by atoms with E-state index in [0.717, 1.165) is 51.9 Å². The first-order valence-corrected chi connectivity index (χ1v) is 14.4. The van der Waals surface area contributed by atoms with Crippen LogP contribution in [0.1, 0.15) is 59.1 Å². The van der Waals surface area contributed by atoms with E-state index in [0.29, 0.717) is 31.7 Å². The smallest absolute Gasteiger partial charge is 0.307 e. The highest BCUT2D eigenvalue weighted by atomic mass is 16.5. The number of ether oxygens (including phenoxy) is 2. The van der Waals surface area contributed by atoms with Crippen molar-refractivity contribution in [1.29, 1.82) is 0 Å². The number of aryl methyl sites for hydroxylation is 4. The van der Waals surface area contributed by atoms with Gasteiger partial charge in [-0.3, -0.25) is 9.59 Å². The molecule has 4 aromatic rings. The number of aromatic nitrogens is 1. The highest BCUT2D eigenvalue weighted by Gasteiger charge is 2.14. The first-order chi connectivity index (χ1) is 20.2. The van der Waals surface area contributed by atoms with E-state index in [4.69, 9.17) is 14.6 Å². The molecular formula is C35H39NO6. The quantitative estimate of drug-likeness (QED) is 0.114. The maximum atomic E-state index is 11.5. The fourth-order valence-corrected chi connectivity index (χ4v) is 5.02. The number of rotatable bonds is 15. The SMILES string of the molecule is Cc1cc(C)c(OCCCCOc2ccc(/C=C/c3cccc4c3c(CC(=O)O)cn4CCCC(=O)O)cc2)cc1C. The van der Waals surface area contributed by atoms with Crippen LogP contribution in [-0.4, -0.2) is 39.9 Å². The molecule has 0 amide bonds. The van der Waals surface area contributed by atoms with Crippen LogP contribution in [0.5, 0.6) is 11.5 Å². The van der Waals surface area contributed by atoms with Gasteiger partial charge in [-0.15, -0.1) is 0 Å². The Balaban J connectivity index is 1.33. The highest BCUT2D eigenvalue weighted by molar-refractivity contribution is 5.96. The second kappa shape index (κ2) is 14.4. The van der Waals surface area contributed by atoms with E-state index in [2.05, 4.69) is 32.9 Å². The lowest BCUT2D eigenvalue weighted by Crippen LogP contribution is -2.03. The summed E-state index contributed by atoms with van der Waals surface area (Å²) >= 11 is 0. The van der Waals surface area contributed by atoms with Crippen molar-refractivity contribution in [2.75, 3.05) is 13.2 Å². The molecule has 3 aromatic carbocycles. The molecule has 7 nitrogen and oxygen atoms in total. The predicted molar refractivity (Wildman–Crippen MR) is 166 cm³/mol. The summed E-state index contributed by atoms with van der Waals surface area (Å²) in [5.74, 6) is 0.0106. The van der Waals surface area contributed by atoms with E-state index in [-0.39, 0.29) is 12.8 Å². The maximum absolute atomic E-state index is 11.5. The molecule has 2 N–H and O–H groups in total. The number of carboxylic acids is 2. The molecule has 0 aliphatic heterocycles. The van der Waals surface area contributed by atoms with Gasteiger partial charge >= 0.3 is 11.9 Å². The third-order valence-corrected chi connectivity index (χ3v) is 7.34. The van der Waals surface area contributed by atoms with E-state index in [9.17, 15) is 14.7 Å². The molecule has 1 aromatic heterocycles. The number of nitrogens with zero attached hydrogens (tertiary/aromatic N) is 1. The van der Waals surface area contributed by atoms with Crippen LogP contribution in [-0.2, 0) is 22.6 Å². The summed E-state index contributed by atoms with van der Waals surface area (Å²) in [4.78, 5) is 22.5. The van der Waals surface area contributed by atoms with Gasteiger partial charge in [0.1, 0.15) is 11.5 Å². The fraction of sp³-hybridized carbons (Fsp3) is 0.314. The molecule has 0 aliphatic rings. The van der Waals surface area contributed by atoms with Crippen LogP contribution in [0.15, 0.2) is 60.8 Å². The van der Waals surface area contributed by atoms with Crippen LogP contribution < -0.4 is 9.47 Å². The monoisotopic (exact) mass is 569 g/mol. The summed E-state index contributed by atoms with van der Waals surface area (Å²) in [6.07, 6.45) is 8.06. The summed E-state index contributed by atoms with van der Waals surface area (Å²) in [7, 11) is 0. The van der Waals surface area contributed by atoms with Crippen molar-refractivity contribution in [1.82, 2.24) is 4.57 Å². The Morgan fingerprint density at radius 2 is 1.52 bits per heavy atom. The van der Waals surface area contributed by atoms with Gasteiger partial charge in [-0.2, -0.15) is 0 Å². The van der Waals surface area contributed by atoms with Gasteiger partial charge in [-0.05, 0) is 97.7 Å². The molecule has 42 heavy (non-hydrogen) atoms. The number of carboxylic acid groups (broad SMARTS) is 2. The minimum Gasteiger partial charge on any atom is -0.494 e. The molecule has 0 aliphatic carbocycles. The zero-order chi connectivity index (χ0) is 30.1. The Hall–Kier alpha value is -4.52. The van der Waals surface area contributed by atoms with Gasteiger partial charge in [0, 0.05) is 30.1 Å². The zero-order valence-corrected chi connectivity index (χ0v) is 24.6. The van der Waals surface area contributed by atoms with Gasteiger partial charge in [0.25, 0.3) is 0 Å². The van der Waals surface area contributed by atoms with E-state index >= 15 is 0 Å². The van der Waals surface area contributed by atoms with E-state index in [1.165, 1.54) is 11.1 Å². The van der Waals surface area contributed by atoms with Crippen LogP contribution in [0.25, 0.3) is 23.1 Å². The topological polar surface area (TPSA) is 98.0 Å². The predicted octanol–water partition coefficient (Wildman–Crippen LogP) is 7.47. The molecule has 0 saturated heterocycles. The Morgan fingerprint density at radius 3 is 2.24 bits per heavy atom. The molecule has 0 radical (unpaired) electrons. The van der Waals surface area contributed by atoms with Crippen molar-refractivity contribution in [3.05, 3.63) is 94.2 Å². The first kappa shape index (κ1) is 30.4. The molecule has 1 heterocycles. The maximum Gasteiger partial charge on any atom is 0.307 e. The summed E-state index contributed by atoms with van der Waals surface area (Å²) < 4.78 is 13.8. The standard InChI is InChI=1S/C35H39NO6/c1-24-20-26(3)32(21-25(24)2)42-19-5-4-18-41-30-15-12-27(13-16-30)11-14-28-8-6-9-31-35(28)29(22-34(39)40)23-36(31)17-7-10-33(37)38/h6,8-9,11-16,20-21,23H,4-5,7,10,17-19,22H2,1-3H3,(H,37,38)(H,39,40)/b14-11+. The lowest BCUT2D eigenvalue weighted by Gasteiger charge is -2.12. The minimum atomic E-state index is -0.905. The lowest BCUT2D eigenvalue weighted by atomic mass is 10.0. The Kier molecular flexibility index (Phi) is 10.4. The van der Waals surface area contributed by atoms with Gasteiger partial charge < -0.3 is 24.3 Å². The number of hydrogen-bond donors (Lipinski definition) is 2. The van der Waals surface area contributed by atoms with Crippen molar-refractivity contribution in [2.45, 2.75) is 59.4 Å². The summed E-state index contributed by atoms with van der Waals surface area (Å²) in [6.45, 7) is 8.06. The van der Waals surface area contributed by atoms with Crippen LogP contribution in [0.2, 0.25) is 0 Å². The minimum absolute atomic E-state index is 0.0646. The van der Waals surface area contributed by atoms with Crippen molar-refractivity contribution >= 4 is 35.0 Å². The van der Waals surface area contributed by atoms with E-state index in [1.54, 1.807) is 0 Å². The number of hydrogen-bond acceptors (Lipinski definition) is 4. The molecule has 0 fully saturated rings. The van der Waals surface area contributed by atoms with Crippen LogP contribution in [0.4, 0.5) is 0 Å². The number of unbranched alkanes of at least 4 members (excludes halogenated alkanes) is 1. The average Bonchev–Trinajstić information content (AvgIpc) is 3.29. The van der Waals surface area contributed by atoms with E-state index < -0.39 is 11.9 Å². The van der Waals surface area contributed by atoms with Gasteiger partial charge in [0.05, 0.1) is 19.6 Å². The third-order valence-electron chi connectivity index (χ3n) is 7.34.